The van der Waals surface area contributed by atoms with Crippen LogP contribution in [0, 0.1) is 16.6 Å². The lowest BCUT2D eigenvalue weighted by Crippen LogP contribution is -2.23. The molecule has 0 saturated carbocycles. The first-order valence-corrected chi connectivity index (χ1v) is 5.75. The molecule has 0 saturated heterocycles. The molecule has 0 heterocycles. The van der Waals surface area contributed by atoms with Crippen molar-refractivity contribution in [3.63, 3.8) is 0 Å². The molecule has 1 rings (SSSR count). The van der Waals surface area contributed by atoms with Crippen molar-refractivity contribution >= 4 is 24.0 Å². The maximum atomic E-state index is 11.5. The maximum Gasteiger partial charge on any atom is 0.317 e. The number of hydrogen-bond acceptors (Lipinski definition) is 5. The predicted molar refractivity (Wildman–Crippen MR) is 64.0 cm³/mol. The van der Waals surface area contributed by atoms with Crippen LogP contribution in [0.15, 0.2) is 30.3 Å². The first-order chi connectivity index (χ1) is 8.24. The number of rotatable bonds is 5. The van der Waals surface area contributed by atoms with Gasteiger partial charge in [0.15, 0.2) is 0 Å². The molecular formula is C12H11NO3S. The highest BCUT2D eigenvalue weighted by Gasteiger charge is 2.30. The lowest BCUT2D eigenvalue weighted by molar-refractivity contribution is -0.146. The van der Waals surface area contributed by atoms with Gasteiger partial charge in [-0.3, -0.25) is 4.79 Å². The Balaban J connectivity index is 3.04. The van der Waals surface area contributed by atoms with Crippen molar-refractivity contribution in [2.24, 2.45) is 5.92 Å². The van der Waals surface area contributed by atoms with E-state index in [1.807, 2.05) is 11.5 Å². The molecule has 0 radical (unpaired) electrons. The summed E-state index contributed by atoms with van der Waals surface area (Å²) in [6.07, 6.45) is 0.522. The highest BCUT2D eigenvalue weighted by atomic mass is 32.2. The molecule has 88 valence electrons. The van der Waals surface area contributed by atoms with Crippen LogP contribution in [0.25, 0.3) is 0 Å². The van der Waals surface area contributed by atoms with Crippen molar-refractivity contribution in [1.29, 1.82) is 5.26 Å². The van der Waals surface area contributed by atoms with Crippen molar-refractivity contribution in [1.82, 2.24) is 0 Å². The van der Waals surface area contributed by atoms with Gasteiger partial charge in [0, 0.05) is 0 Å². The Bertz CT molecular complexity index is 427. The van der Waals surface area contributed by atoms with E-state index >= 15 is 0 Å². The zero-order valence-electron chi connectivity index (χ0n) is 9.20. The second kappa shape index (κ2) is 6.71. The first-order valence-electron chi connectivity index (χ1n) is 4.87. The third kappa shape index (κ3) is 3.33. The van der Waals surface area contributed by atoms with Crippen LogP contribution in [0.5, 0.6) is 0 Å². The van der Waals surface area contributed by atoms with Gasteiger partial charge in [0.2, 0.25) is 0 Å². The molecule has 0 aliphatic carbocycles. The Morgan fingerprint density at radius 3 is 2.59 bits per heavy atom. The number of esters is 1. The molecule has 1 aromatic carbocycles. The molecule has 0 spiro atoms. The van der Waals surface area contributed by atoms with Gasteiger partial charge in [-0.05, 0) is 17.3 Å². The van der Waals surface area contributed by atoms with E-state index < -0.39 is 17.1 Å². The summed E-state index contributed by atoms with van der Waals surface area (Å²) in [5, 5.41) is 10.1. The number of ether oxygens (including phenoxy) is 1. The van der Waals surface area contributed by atoms with Crippen LogP contribution < -0.4 is 0 Å². The number of carbonyl (C=O) groups is 2. The lowest BCUT2D eigenvalue weighted by Gasteiger charge is -2.17. The number of thiocyanates is 1. The van der Waals surface area contributed by atoms with Crippen LogP contribution in [0.1, 0.15) is 10.8 Å². The Morgan fingerprint density at radius 1 is 1.47 bits per heavy atom. The second-order valence-electron chi connectivity index (χ2n) is 3.23. The SMILES string of the molecule is COC(=O)[C@@H](C=O)[C@H](SC#N)c1ccccc1. The standard InChI is InChI=1S/C12H11NO3S/c1-16-12(15)10(7-14)11(17-8-13)9-5-3-2-4-6-9/h2-7,10-11H,1H3/t10-,11+/m0/s1. The molecule has 2 atom stereocenters. The quantitative estimate of drug-likeness (QED) is 0.345. The van der Waals surface area contributed by atoms with Crippen LogP contribution in [0.4, 0.5) is 0 Å². The summed E-state index contributed by atoms with van der Waals surface area (Å²) in [7, 11) is 1.22. The fourth-order valence-electron chi connectivity index (χ4n) is 1.43. The van der Waals surface area contributed by atoms with Gasteiger partial charge in [-0.2, -0.15) is 5.26 Å². The van der Waals surface area contributed by atoms with E-state index in [4.69, 9.17) is 5.26 Å². The number of carbonyl (C=O) groups excluding carboxylic acids is 2. The van der Waals surface area contributed by atoms with E-state index in [-0.39, 0.29) is 0 Å². The normalized spacial score (nSPS) is 13.2. The molecule has 0 N–H and O–H groups in total. The smallest absolute Gasteiger partial charge is 0.317 e. The van der Waals surface area contributed by atoms with Crippen molar-refractivity contribution < 1.29 is 14.3 Å². The van der Waals surface area contributed by atoms with Crippen molar-refractivity contribution in [2.75, 3.05) is 7.11 Å². The first kappa shape index (κ1) is 13.3. The highest BCUT2D eigenvalue weighted by Crippen LogP contribution is 2.34. The average Bonchev–Trinajstić information content (AvgIpc) is 2.39. The van der Waals surface area contributed by atoms with Crippen LogP contribution in [-0.4, -0.2) is 19.4 Å². The Labute approximate surface area is 104 Å². The summed E-state index contributed by atoms with van der Waals surface area (Å²) in [4.78, 5) is 22.4. The average molecular weight is 249 g/mol. The molecule has 4 nitrogen and oxygen atoms in total. The minimum absolute atomic E-state index is 0.522. The molecule has 0 aromatic heterocycles. The molecule has 0 bridgehead atoms. The molecule has 0 amide bonds. The van der Waals surface area contributed by atoms with Gasteiger partial charge in [0.05, 0.1) is 12.4 Å². The Hall–Kier alpha value is -1.80. The third-order valence-electron chi connectivity index (χ3n) is 2.25. The number of methoxy groups -OCH3 is 1. The predicted octanol–water partition coefficient (Wildman–Crippen LogP) is 1.93. The van der Waals surface area contributed by atoms with Crippen molar-refractivity contribution in [3.8, 4) is 5.40 Å². The number of benzene rings is 1. The molecule has 0 aliphatic rings. The maximum absolute atomic E-state index is 11.5. The number of thioether (sulfide) groups is 1. The van der Waals surface area contributed by atoms with E-state index in [9.17, 15) is 9.59 Å². The third-order valence-corrected chi connectivity index (χ3v) is 3.18. The Kier molecular flexibility index (Phi) is 5.24. The topological polar surface area (TPSA) is 67.2 Å². The van der Waals surface area contributed by atoms with Crippen molar-refractivity contribution in [2.45, 2.75) is 5.25 Å². The number of nitriles is 1. The zero-order valence-corrected chi connectivity index (χ0v) is 10.0. The fourth-order valence-corrected chi connectivity index (χ4v) is 2.16. The van der Waals surface area contributed by atoms with Gasteiger partial charge in [-0.25, -0.2) is 0 Å². The van der Waals surface area contributed by atoms with Gasteiger partial charge in [0.25, 0.3) is 0 Å². The largest absolute Gasteiger partial charge is 0.468 e. The number of nitrogens with zero attached hydrogens (tertiary/aromatic N) is 1. The van der Waals surface area contributed by atoms with Gasteiger partial charge in [-0.15, -0.1) is 0 Å². The van der Waals surface area contributed by atoms with E-state index in [2.05, 4.69) is 4.74 Å². The molecule has 5 heteroatoms. The van der Waals surface area contributed by atoms with Gasteiger partial charge in [-0.1, -0.05) is 30.3 Å². The summed E-state index contributed by atoms with van der Waals surface area (Å²) in [6.45, 7) is 0. The molecular weight excluding hydrogens is 238 g/mol. The lowest BCUT2D eigenvalue weighted by atomic mass is 10.00. The molecule has 0 fully saturated rings. The number of aldehydes is 1. The van der Waals surface area contributed by atoms with Crippen LogP contribution >= 0.6 is 11.8 Å². The summed E-state index contributed by atoms with van der Waals surface area (Å²) in [5.41, 5.74) is 0.751. The minimum Gasteiger partial charge on any atom is -0.468 e. The highest BCUT2D eigenvalue weighted by molar-refractivity contribution is 8.04. The Morgan fingerprint density at radius 2 is 2.12 bits per heavy atom. The molecule has 1 aromatic rings. The minimum atomic E-state index is -0.966. The van der Waals surface area contributed by atoms with Gasteiger partial charge < -0.3 is 9.53 Å². The van der Waals surface area contributed by atoms with E-state index in [0.29, 0.717) is 6.29 Å². The van der Waals surface area contributed by atoms with Crippen LogP contribution in [0.3, 0.4) is 0 Å². The summed E-state index contributed by atoms with van der Waals surface area (Å²) >= 11 is 0.879. The second-order valence-corrected chi connectivity index (χ2v) is 4.15. The van der Waals surface area contributed by atoms with Crippen molar-refractivity contribution in [3.05, 3.63) is 35.9 Å². The van der Waals surface area contributed by atoms with Crippen LogP contribution in [0.2, 0.25) is 0 Å². The van der Waals surface area contributed by atoms with E-state index in [1.54, 1.807) is 24.3 Å². The molecule has 0 unspecified atom stereocenters. The summed E-state index contributed by atoms with van der Waals surface area (Å²) in [5.74, 6) is -1.59. The zero-order chi connectivity index (χ0) is 12.7. The summed E-state index contributed by atoms with van der Waals surface area (Å²) < 4.78 is 4.56. The van der Waals surface area contributed by atoms with Gasteiger partial charge >= 0.3 is 5.97 Å². The monoisotopic (exact) mass is 249 g/mol. The summed E-state index contributed by atoms with van der Waals surface area (Å²) in [6, 6.07) is 8.95. The van der Waals surface area contributed by atoms with E-state index in [1.165, 1.54) is 7.11 Å². The van der Waals surface area contributed by atoms with Gasteiger partial charge in [0.1, 0.15) is 17.6 Å². The van der Waals surface area contributed by atoms with E-state index in [0.717, 1.165) is 17.3 Å². The van der Waals surface area contributed by atoms with Crippen LogP contribution in [-0.2, 0) is 14.3 Å². The molecule has 17 heavy (non-hydrogen) atoms. The molecule has 0 aliphatic heterocycles. The number of hydrogen-bond donors (Lipinski definition) is 0. The fraction of sp³-hybridized carbons (Fsp3) is 0.250.